The first-order valence-corrected chi connectivity index (χ1v) is 11.2. The fourth-order valence-corrected chi connectivity index (χ4v) is 4.73. The Morgan fingerprint density at radius 2 is 1.91 bits per heavy atom. The Bertz CT molecular complexity index is 1340. The van der Waals surface area contributed by atoms with Crippen molar-refractivity contribution in [3.63, 3.8) is 0 Å². The summed E-state index contributed by atoms with van der Waals surface area (Å²) in [7, 11) is 3.36. The van der Waals surface area contributed by atoms with E-state index in [1.54, 1.807) is 37.2 Å². The van der Waals surface area contributed by atoms with Gasteiger partial charge in [-0.15, -0.1) is 0 Å². The molecule has 0 unspecified atom stereocenters. The van der Waals surface area contributed by atoms with E-state index in [4.69, 9.17) is 19.6 Å². The number of nitrogens with zero attached hydrogens (tertiary/aromatic N) is 5. The lowest BCUT2D eigenvalue weighted by atomic mass is 9.92. The number of imidazole rings is 1. The second kappa shape index (κ2) is 8.92. The van der Waals surface area contributed by atoms with Crippen LogP contribution >= 0.6 is 0 Å². The minimum absolute atomic E-state index is 0.0272. The highest BCUT2D eigenvalue weighted by Gasteiger charge is 2.27. The lowest BCUT2D eigenvalue weighted by Gasteiger charge is -2.29. The molecule has 0 bridgehead atoms. The predicted octanol–water partition coefficient (Wildman–Crippen LogP) is 2.85. The Kier molecular flexibility index (Phi) is 5.82. The van der Waals surface area contributed by atoms with Crippen LogP contribution in [0.15, 0.2) is 41.5 Å². The number of aliphatic hydroxyl groups excluding tert-OH is 1. The highest BCUT2D eigenvalue weighted by Crippen LogP contribution is 2.33. The number of pyridine rings is 3. The van der Waals surface area contributed by atoms with Gasteiger partial charge >= 0.3 is 5.69 Å². The molecule has 5 rings (SSSR count). The van der Waals surface area contributed by atoms with Crippen LogP contribution in [0.4, 0.5) is 0 Å². The summed E-state index contributed by atoms with van der Waals surface area (Å²) in [5, 5.41) is 9.02. The smallest absolute Gasteiger partial charge is 0.329 e. The van der Waals surface area contributed by atoms with Gasteiger partial charge in [0.05, 0.1) is 54.9 Å². The Morgan fingerprint density at radius 3 is 2.61 bits per heavy atom. The molecule has 1 aliphatic rings. The molecule has 0 saturated heterocycles. The predicted molar refractivity (Wildman–Crippen MR) is 124 cm³/mol. The van der Waals surface area contributed by atoms with Crippen LogP contribution in [-0.4, -0.2) is 55.6 Å². The molecular weight excluding hydrogens is 422 g/mol. The van der Waals surface area contributed by atoms with E-state index in [1.165, 1.54) is 0 Å². The van der Waals surface area contributed by atoms with E-state index in [2.05, 4.69) is 9.97 Å². The van der Waals surface area contributed by atoms with Crippen molar-refractivity contribution in [3.05, 3.63) is 47.1 Å². The molecule has 9 heteroatoms. The summed E-state index contributed by atoms with van der Waals surface area (Å²) in [5.41, 5.74) is 4.60. The van der Waals surface area contributed by atoms with E-state index in [9.17, 15) is 4.79 Å². The second-order valence-corrected chi connectivity index (χ2v) is 8.38. The molecule has 0 aliphatic heterocycles. The van der Waals surface area contributed by atoms with E-state index < -0.39 is 0 Å². The zero-order chi connectivity index (χ0) is 22.9. The van der Waals surface area contributed by atoms with E-state index >= 15 is 0 Å². The van der Waals surface area contributed by atoms with Gasteiger partial charge in [-0.25, -0.2) is 14.8 Å². The molecule has 4 aromatic rings. The highest BCUT2D eigenvalue weighted by atomic mass is 16.5. The maximum Gasteiger partial charge on any atom is 0.329 e. The van der Waals surface area contributed by atoms with Crippen molar-refractivity contribution in [1.29, 1.82) is 0 Å². The van der Waals surface area contributed by atoms with Gasteiger partial charge in [-0.3, -0.25) is 14.1 Å². The number of ether oxygens (including phenoxy) is 2. The number of rotatable bonds is 6. The van der Waals surface area contributed by atoms with Gasteiger partial charge in [0.2, 0.25) is 5.88 Å². The van der Waals surface area contributed by atoms with E-state index in [-0.39, 0.29) is 24.4 Å². The number of aliphatic hydroxyl groups is 1. The third kappa shape index (κ3) is 3.87. The zero-order valence-corrected chi connectivity index (χ0v) is 18.8. The van der Waals surface area contributed by atoms with Crippen LogP contribution in [0.25, 0.3) is 33.3 Å². The maximum atomic E-state index is 13.3. The minimum Gasteiger partial charge on any atom is -0.481 e. The summed E-state index contributed by atoms with van der Waals surface area (Å²) in [5.74, 6) is 0.541. The third-order valence-corrected chi connectivity index (χ3v) is 6.46. The van der Waals surface area contributed by atoms with Crippen molar-refractivity contribution in [3.8, 4) is 17.1 Å². The number of hydrogen-bond donors (Lipinski definition) is 1. The quantitative estimate of drug-likeness (QED) is 0.483. The average molecular weight is 450 g/mol. The Labute approximate surface area is 190 Å². The Morgan fingerprint density at radius 1 is 1.09 bits per heavy atom. The van der Waals surface area contributed by atoms with Gasteiger partial charge < -0.3 is 14.6 Å². The number of aromatic nitrogens is 5. The van der Waals surface area contributed by atoms with Crippen LogP contribution in [0.1, 0.15) is 31.7 Å². The van der Waals surface area contributed by atoms with Crippen molar-refractivity contribution in [2.45, 2.75) is 37.8 Å². The molecule has 0 amide bonds. The first-order valence-electron chi connectivity index (χ1n) is 11.2. The van der Waals surface area contributed by atoms with E-state index in [1.807, 2.05) is 22.8 Å². The van der Waals surface area contributed by atoms with Gasteiger partial charge in [0, 0.05) is 30.9 Å². The molecule has 0 aromatic carbocycles. The van der Waals surface area contributed by atoms with Crippen LogP contribution in [0.3, 0.4) is 0 Å². The first kappa shape index (κ1) is 21.5. The van der Waals surface area contributed by atoms with Gasteiger partial charge in [-0.05, 0) is 43.9 Å². The highest BCUT2D eigenvalue weighted by molar-refractivity contribution is 6.00. The molecule has 33 heavy (non-hydrogen) atoms. The average Bonchev–Trinajstić information content (AvgIpc) is 3.13. The van der Waals surface area contributed by atoms with Crippen LogP contribution in [-0.2, 0) is 11.8 Å². The Hall–Kier alpha value is -3.30. The topological polar surface area (TPSA) is 104 Å². The van der Waals surface area contributed by atoms with Crippen molar-refractivity contribution in [2.24, 2.45) is 7.05 Å². The molecule has 1 aliphatic carbocycles. The molecule has 9 nitrogen and oxygen atoms in total. The molecule has 0 atom stereocenters. The minimum atomic E-state index is -0.0580. The number of hydrogen-bond acceptors (Lipinski definition) is 7. The standard InChI is InChI=1S/C24H27N5O4/c1-28-20-14-25-19-9-8-18(15-3-10-21(32-2)26-13-15)27-22(19)23(20)29(24(28)31)16-4-6-17(7-5-16)33-12-11-30/h3,8-10,13-14,16-17,30H,4-7,11-12H2,1-2H3. The number of aryl methyl sites for hydroxylation is 1. The molecule has 1 saturated carbocycles. The molecule has 172 valence electrons. The van der Waals surface area contributed by atoms with Gasteiger partial charge in [-0.2, -0.15) is 0 Å². The number of fused-ring (bicyclic) bond motifs is 3. The fourth-order valence-electron chi connectivity index (χ4n) is 4.73. The monoisotopic (exact) mass is 449 g/mol. The second-order valence-electron chi connectivity index (χ2n) is 8.38. The normalized spacial score (nSPS) is 18.8. The van der Waals surface area contributed by atoms with Crippen molar-refractivity contribution in [2.75, 3.05) is 20.3 Å². The summed E-state index contributed by atoms with van der Waals surface area (Å²) < 4.78 is 14.4. The van der Waals surface area contributed by atoms with Crippen LogP contribution < -0.4 is 10.4 Å². The molecule has 1 N–H and O–H groups in total. The van der Waals surface area contributed by atoms with Gasteiger partial charge in [-0.1, -0.05) is 0 Å². The fraction of sp³-hybridized carbons (Fsp3) is 0.417. The van der Waals surface area contributed by atoms with Gasteiger partial charge in [0.25, 0.3) is 0 Å². The van der Waals surface area contributed by atoms with Crippen molar-refractivity contribution in [1.82, 2.24) is 24.1 Å². The Balaban J connectivity index is 1.60. The molecule has 1 fully saturated rings. The van der Waals surface area contributed by atoms with E-state index in [0.717, 1.165) is 53.5 Å². The number of methoxy groups -OCH3 is 1. The lowest BCUT2D eigenvalue weighted by Crippen LogP contribution is -2.31. The van der Waals surface area contributed by atoms with Crippen LogP contribution in [0.2, 0.25) is 0 Å². The summed E-state index contributed by atoms with van der Waals surface area (Å²) in [6.07, 6.45) is 6.99. The summed E-state index contributed by atoms with van der Waals surface area (Å²) >= 11 is 0. The largest absolute Gasteiger partial charge is 0.481 e. The molecule has 4 heterocycles. The van der Waals surface area contributed by atoms with Crippen molar-refractivity contribution >= 4 is 22.1 Å². The SMILES string of the molecule is COc1ccc(-c2ccc3ncc4c(c3n2)n(C2CCC(OCCO)CC2)c(=O)n4C)cn1. The molecular formula is C24H27N5O4. The van der Waals surface area contributed by atoms with Gasteiger partial charge in [0.1, 0.15) is 5.52 Å². The third-order valence-electron chi connectivity index (χ3n) is 6.46. The van der Waals surface area contributed by atoms with Crippen LogP contribution in [0.5, 0.6) is 5.88 Å². The molecule has 0 spiro atoms. The molecule has 4 aromatic heterocycles. The summed E-state index contributed by atoms with van der Waals surface area (Å²) in [4.78, 5) is 27.1. The van der Waals surface area contributed by atoms with E-state index in [0.29, 0.717) is 18.0 Å². The zero-order valence-electron chi connectivity index (χ0n) is 18.8. The maximum absolute atomic E-state index is 13.3. The van der Waals surface area contributed by atoms with Crippen LogP contribution in [0, 0.1) is 0 Å². The summed E-state index contributed by atoms with van der Waals surface area (Å²) in [6.45, 7) is 0.381. The van der Waals surface area contributed by atoms with Crippen molar-refractivity contribution < 1.29 is 14.6 Å². The first-order chi connectivity index (χ1) is 16.1. The summed E-state index contributed by atoms with van der Waals surface area (Å²) in [6, 6.07) is 7.63. The lowest BCUT2D eigenvalue weighted by molar-refractivity contribution is 0.00168. The molecule has 0 radical (unpaired) electrons. The van der Waals surface area contributed by atoms with Gasteiger partial charge in [0.15, 0.2) is 0 Å².